The standard InChI is InChI=1S/C13H13N3O4/c1-2-15-13(18)10(8-17)7-12(14-15)9-4-3-5-11(6-9)16(19)20/h3-7,17H,2,8H2,1H3. The normalized spacial score (nSPS) is 10.5. The zero-order valence-corrected chi connectivity index (χ0v) is 10.8. The van der Waals surface area contributed by atoms with E-state index in [1.165, 1.54) is 22.9 Å². The molecule has 104 valence electrons. The van der Waals surface area contributed by atoms with Crippen LogP contribution in [-0.2, 0) is 13.2 Å². The van der Waals surface area contributed by atoms with Crippen LogP contribution in [-0.4, -0.2) is 19.8 Å². The Bertz CT molecular complexity index is 681. The number of aryl methyl sites for hydroxylation is 1. The first-order valence-electron chi connectivity index (χ1n) is 6.03. The topological polar surface area (TPSA) is 98.3 Å². The lowest BCUT2D eigenvalue weighted by molar-refractivity contribution is -0.384. The number of nitro benzene ring substituents is 1. The Morgan fingerprint density at radius 3 is 2.75 bits per heavy atom. The second kappa shape index (κ2) is 5.62. The number of nitrogens with zero attached hydrogens (tertiary/aromatic N) is 3. The minimum atomic E-state index is -0.494. The molecule has 1 N–H and O–H groups in total. The van der Waals surface area contributed by atoms with Crippen LogP contribution in [0.15, 0.2) is 35.1 Å². The molecular formula is C13H13N3O4. The van der Waals surface area contributed by atoms with E-state index < -0.39 is 11.5 Å². The maximum absolute atomic E-state index is 11.8. The first kappa shape index (κ1) is 13.9. The highest BCUT2D eigenvalue weighted by Gasteiger charge is 2.11. The fourth-order valence-electron chi connectivity index (χ4n) is 1.84. The zero-order valence-electron chi connectivity index (χ0n) is 10.8. The summed E-state index contributed by atoms with van der Waals surface area (Å²) in [7, 11) is 0. The van der Waals surface area contributed by atoms with E-state index in [0.29, 0.717) is 17.8 Å². The SMILES string of the molecule is CCn1nc(-c2cccc([N+](=O)[O-])c2)cc(CO)c1=O. The largest absolute Gasteiger partial charge is 0.391 e. The lowest BCUT2D eigenvalue weighted by Gasteiger charge is -2.07. The molecule has 7 heteroatoms. The van der Waals surface area contributed by atoms with Gasteiger partial charge in [-0.25, -0.2) is 4.68 Å². The van der Waals surface area contributed by atoms with Crippen molar-refractivity contribution >= 4 is 5.69 Å². The van der Waals surface area contributed by atoms with E-state index in [0.717, 1.165) is 0 Å². The van der Waals surface area contributed by atoms with Gasteiger partial charge in [0, 0.05) is 29.8 Å². The van der Waals surface area contributed by atoms with Crippen LogP contribution in [0.25, 0.3) is 11.3 Å². The summed E-state index contributed by atoms with van der Waals surface area (Å²) in [6, 6.07) is 7.43. The highest BCUT2D eigenvalue weighted by molar-refractivity contribution is 5.62. The van der Waals surface area contributed by atoms with Crippen LogP contribution in [0.2, 0.25) is 0 Å². The molecule has 0 bridgehead atoms. The Hall–Kier alpha value is -2.54. The van der Waals surface area contributed by atoms with E-state index >= 15 is 0 Å². The van der Waals surface area contributed by atoms with Gasteiger partial charge in [0.15, 0.2) is 0 Å². The molecule has 0 atom stereocenters. The molecule has 0 aliphatic carbocycles. The molecule has 0 aliphatic rings. The molecule has 0 unspecified atom stereocenters. The summed E-state index contributed by atoms with van der Waals surface area (Å²) < 4.78 is 1.22. The van der Waals surface area contributed by atoms with E-state index in [2.05, 4.69) is 5.10 Å². The Balaban J connectivity index is 2.60. The second-order valence-corrected chi connectivity index (χ2v) is 4.14. The van der Waals surface area contributed by atoms with Gasteiger partial charge in [0.25, 0.3) is 11.2 Å². The van der Waals surface area contributed by atoms with Gasteiger partial charge in [0.05, 0.1) is 17.2 Å². The summed E-state index contributed by atoms with van der Waals surface area (Å²) in [6.07, 6.45) is 0. The molecule has 0 saturated heterocycles. The van der Waals surface area contributed by atoms with Gasteiger partial charge in [-0.15, -0.1) is 0 Å². The molecule has 0 spiro atoms. The highest BCUT2D eigenvalue weighted by Crippen LogP contribution is 2.22. The monoisotopic (exact) mass is 275 g/mol. The number of nitro groups is 1. The van der Waals surface area contributed by atoms with Crippen LogP contribution in [0.5, 0.6) is 0 Å². The van der Waals surface area contributed by atoms with Gasteiger partial charge < -0.3 is 5.11 Å². The van der Waals surface area contributed by atoms with Crippen molar-refractivity contribution in [3.8, 4) is 11.3 Å². The van der Waals surface area contributed by atoms with Gasteiger partial charge in [-0.3, -0.25) is 14.9 Å². The molecule has 0 amide bonds. The van der Waals surface area contributed by atoms with Crippen molar-refractivity contribution in [2.75, 3.05) is 0 Å². The van der Waals surface area contributed by atoms with Crippen molar-refractivity contribution in [1.29, 1.82) is 0 Å². The van der Waals surface area contributed by atoms with Crippen molar-refractivity contribution in [2.24, 2.45) is 0 Å². The number of aromatic nitrogens is 2. The Kier molecular flexibility index (Phi) is 3.90. The van der Waals surface area contributed by atoms with Crippen LogP contribution in [0, 0.1) is 10.1 Å². The van der Waals surface area contributed by atoms with E-state index in [4.69, 9.17) is 0 Å². The third-order valence-corrected chi connectivity index (χ3v) is 2.87. The maximum atomic E-state index is 11.8. The van der Waals surface area contributed by atoms with Gasteiger partial charge in [-0.2, -0.15) is 5.10 Å². The molecule has 0 saturated carbocycles. The van der Waals surface area contributed by atoms with Crippen LogP contribution in [0.4, 0.5) is 5.69 Å². The molecule has 0 radical (unpaired) electrons. The van der Waals surface area contributed by atoms with E-state index in [9.17, 15) is 20.0 Å². The van der Waals surface area contributed by atoms with Crippen molar-refractivity contribution in [3.05, 3.63) is 56.4 Å². The molecular weight excluding hydrogens is 262 g/mol. The van der Waals surface area contributed by atoms with Gasteiger partial charge in [-0.1, -0.05) is 12.1 Å². The number of hydrogen-bond acceptors (Lipinski definition) is 5. The Morgan fingerprint density at radius 2 is 2.15 bits per heavy atom. The first-order chi connectivity index (χ1) is 9.56. The molecule has 20 heavy (non-hydrogen) atoms. The highest BCUT2D eigenvalue weighted by atomic mass is 16.6. The lowest BCUT2D eigenvalue weighted by Crippen LogP contribution is -2.26. The number of aliphatic hydroxyl groups is 1. The van der Waals surface area contributed by atoms with E-state index in [-0.39, 0.29) is 16.8 Å². The fourth-order valence-corrected chi connectivity index (χ4v) is 1.84. The number of aliphatic hydroxyl groups excluding tert-OH is 1. The maximum Gasteiger partial charge on any atom is 0.272 e. The predicted molar refractivity (Wildman–Crippen MR) is 72.2 cm³/mol. The smallest absolute Gasteiger partial charge is 0.272 e. The molecule has 1 aromatic heterocycles. The summed E-state index contributed by atoms with van der Waals surface area (Å²) in [5.41, 5.74) is 0.743. The minimum absolute atomic E-state index is 0.0518. The Labute approximate surface area is 114 Å². The average Bonchev–Trinajstić information content (AvgIpc) is 2.47. The van der Waals surface area contributed by atoms with Crippen molar-refractivity contribution in [2.45, 2.75) is 20.1 Å². The number of hydrogen-bond donors (Lipinski definition) is 1. The predicted octanol–water partition coefficient (Wildman–Crippen LogP) is 1.33. The van der Waals surface area contributed by atoms with Crippen LogP contribution < -0.4 is 5.56 Å². The van der Waals surface area contributed by atoms with Gasteiger partial charge in [0.2, 0.25) is 0 Å². The van der Waals surface area contributed by atoms with Crippen LogP contribution in [0.1, 0.15) is 12.5 Å². The summed E-state index contributed by atoms with van der Waals surface area (Å²) in [6.45, 7) is 1.71. The van der Waals surface area contributed by atoms with Gasteiger partial charge >= 0.3 is 0 Å². The number of rotatable bonds is 4. The third kappa shape index (κ3) is 2.57. The third-order valence-electron chi connectivity index (χ3n) is 2.87. The van der Waals surface area contributed by atoms with Crippen molar-refractivity contribution in [3.63, 3.8) is 0 Å². The van der Waals surface area contributed by atoms with E-state index in [1.54, 1.807) is 19.1 Å². The molecule has 0 fully saturated rings. The zero-order chi connectivity index (χ0) is 14.7. The molecule has 0 aliphatic heterocycles. The summed E-state index contributed by atoms with van der Waals surface area (Å²) in [5, 5.41) is 24.1. The van der Waals surface area contributed by atoms with E-state index in [1.807, 2.05) is 0 Å². The molecule has 2 aromatic rings. The number of benzene rings is 1. The quantitative estimate of drug-likeness (QED) is 0.670. The molecule has 7 nitrogen and oxygen atoms in total. The minimum Gasteiger partial charge on any atom is -0.391 e. The van der Waals surface area contributed by atoms with Crippen molar-refractivity contribution in [1.82, 2.24) is 9.78 Å². The molecule has 2 rings (SSSR count). The molecule has 1 aromatic carbocycles. The molecule has 1 heterocycles. The van der Waals surface area contributed by atoms with Crippen LogP contribution in [0.3, 0.4) is 0 Å². The van der Waals surface area contributed by atoms with Gasteiger partial charge in [0.1, 0.15) is 0 Å². The lowest BCUT2D eigenvalue weighted by atomic mass is 10.1. The second-order valence-electron chi connectivity index (χ2n) is 4.14. The summed E-state index contributed by atoms with van der Waals surface area (Å²) in [4.78, 5) is 22.1. The van der Waals surface area contributed by atoms with Crippen LogP contribution >= 0.6 is 0 Å². The fraction of sp³-hybridized carbons (Fsp3) is 0.231. The Morgan fingerprint density at radius 1 is 1.40 bits per heavy atom. The average molecular weight is 275 g/mol. The summed E-state index contributed by atoms with van der Waals surface area (Å²) in [5.74, 6) is 0. The number of non-ortho nitro benzene ring substituents is 1. The summed E-state index contributed by atoms with van der Waals surface area (Å²) >= 11 is 0. The van der Waals surface area contributed by atoms with Crippen molar-refractivity contribution < 1.29 is 10.0 Å². The van der Waals surface area contributed by atoms with Gasteiger partial charge in [-0.05, 0) is 13.0 Å². The first-order valence-corrected chi connectivity index (χ1v) is 6.03.